The highest BCUT2D eigenvalue weighted by molar-refractivity contribution is 5.50. The first-order valence-corrected chi connectivity index (χ1v) is 7.37. The molecule has 0 amide bonds. The molecular formula is C16H17N5O. The maximum atomic E-state index is 10.0. The Bertz CT molecular complexity index is 787. The standard InChI is InChI=1S/C16H17N5O/c22-11-16(13-4-2-1-3-5-13)6-7-20(10-16)15-9-17-8-14-19-18-12-21(14)15/h1-5,8-9,12,22H,6-7,10-11H2. The van der Waals surface area contributed by atoms with Crippen LogP contribution in [0.15, 0.2) is 49.1 Å². The predicted octanol–water partition coefficient (Wildman–Crippen LogP) is 1.26. The summed E-state index contributed by atoms with van der Waals surface area (Å²) in [5, 5.41) is 18.0. The summed E-state index contributed by atoms with van der Waals surface area (Å²) in [4.78, 5) is 6.49. The summed E-state index contributed by atoms with van der Waals surface area (Å²) in [6.45, 7) is 1.76. The molecule has 0 bridgehead atoms. The Hall–Kier alpha value is -2.47. The summed E-state index contributed by atoms with van der Waals surface area (Å²) in [7, 11) is 0. The predicted molar refractivity (Wildman–Crippen MR) is 82.8 cm³/mol. The summed E-state index contributed by atoms with van der Waals surface area (Å²) in [6.07, 6.45) is 6.14. The van der Waals surface area contributed by atoms with Gasteiger partial charge in [0.1, 0.15) is 12.1 Å². The first-order valence-electron chi connectivity index (χ1n) is 7.37. The number of nitrogens with zero attached hydrogens (tertiary/aromatic N) is 5. The van der Waals surface area contributed by atoms with E-state index < -0.39 is 0 Å². The van der Waals surface area contributed by atoms with Crippen LogP contribution in [0.1, 0.15) is 12.0 Å². The largest absolute Gasteiger partial charge is 0.395 e. The fraction of sp³-hybridized carbons (Fsp3) is 0.312. The number of aromatic nitrogens is 4. The van der Waals surface area contributed by atoms with Crippen LogP contribution in [0.2, 0.25) is 0 Å². The molecule has 1 fully saturated rings. The minimum Gasteiger partial charge on any atom is -0.395 e. The number of benzene rings is 1. The zero-order valence-corrected chi connectivity index (χ0v) is 12.1. The van der Waals surface area contributed by atoms with Crippen LogP contribution in [0.4, 0.5) is 5.82 Å². The van der Waals surface area contributed by atoms with Gasteiger partial charge in [0, 0.05) is 18.5 Å². The van der Waals surface area contributed by atoms with Crippen molar-refractivity contribution in [1.82, 2.24) is 19.6 Å². The molecule has 22 heavy (non-hydrogen) atoms. The number of fused-ring (bicyclic) bond motifs is 1. The molecule has 112 valence electrons. The fourth-order valence-electron chi connectivity index (χ4n) is 3.29. The lowest BCUT2D eigenvalue weighted by atomic mass is 9.80. The third-order valence-corrected chi connectivity index (χ3v) is 4.57. The molecule has 2 aromatic heterocycles. The van der Waals surface area contributed by atoms with Gasteiger partial charge in [-0.05, 0) is 12.0 Å². The second-order valence-corrected chi connectivity index (χ2v) is 5.80. The zero-order valence-electron chi connectivity index (χ0n) is 12.1. The van der Waals surface area contributed by atoms with E-state index >= 15 is 0 Å². The van der Waals surface area contributed by atoms with Crippen LogP contribution in [0.5, 0.6) is 0 Å². The van der Waals surface area contributed by atoms with Gasteiger partial charge in [-0.3, -0.25) is 9.38 Å². The number of hydrogen-bond donors (Lipinski definition) is 1. The Morgan fingerprint density at radius 2 is 2.05 bits per heavy atom. The van der Waals surface area contributed by atoms with Crippen molar-refractivity contribution in [3.05, 3.63) is 54.6 Å². The Kier molecular flexibility index (Phi) is 3.04. The van der Waals surface area contributed by atoms with Crippen molar-refractivity contribution in [2.45, 2.75) is 11.8 Å². The smallest absolute Gasteiger partial charge is 0.180 e. The van der Waals surface area contributed by atoms with E-state index in [1.54, 1.807) is 12.5 Å². The SMILES string of the molecule is OCC1(c2ccccc2)CCN(c2cncc3nncn23)C1. The minimum atomic E-state index is -0.225. The summed E-state index contributed by atoms with van der Waals surface area (Å²) in [6, 6.07) is 10.2. The number of aliphatic hydroxyl groups excluding tert-OH is 1. The summed E-state index contributed by atoms with van der Waals surface area (Å²) in [5.74, 6) is 0.966. The van der Waals surface area contributed by atoms with Crippen LogP contribution >= 0.6 is 0 Å². The molecule has 0 saturated carbocycles. The van der Waals surface area contributed by atoms with E-state index in [1.165, 1.54) is 5.56 Å². The second-order valence-electron chi connectivity index (χ2n) is 5.80. The monoisotopic (exact) mass is 295 g/mol. The third-order valence-electron chi connectivity index (χ3n) is 4.57. The lowest BCUT2D eigenvalue weighted by Crippen LogP contribution is -2.35. The van der Waals surface area contributed by atoms with Crippen molar-refractivity contribution in [3.8, 4) is 0 Å². The Labute approximate surface area is 128 Å². The Balaban J connectivity index is 1.71. The number of hydrogen-bond acceptors (Lipinski definition) is 5. The van der Waals surface area contributed by atoms with E-state index in [-0.39, 0.29) is 12.0 Å². The lowest BCUT2D eigenvalue weighted by molar-refractivity contribution is 0.206. The van der Waals surface area contributed by atoms with Crippen molar-refractivity contribution in [2.75, 3.05) is 24.6 Å². The van der Waals surface area contributed by atoms with Crippen LogP contribution in [0.25, 0.3) is 5.65 Å². The normalized spacial score (nSPS) is 21.6. The Morgan fingerprint density at radius 1 is 1.18 bits per heavy atom. The Morgan fingerprint density at radius 3 is 2.86 bits per heavy atom. The van der Waals surface area contributed by atoms with E-state index in [0.717, 1.165) is 31.0 Å². The zero-order chi connectivity index (χ0) is 15.0. The molecule has 1 N–H and O–H groups in total. The van der Waals surface area contributed by atoms with Crippen molar-refractivity contribution in [3.63, 3.8) is 0 Å². The fourth-order valence-corrected chi connectivity index (χ4v) is 3.29. The number of anilines is 1. The highest BCUT2D eigenvalue weighted by Gasteiger charge is 2.39. The number of rotatable bonds is 3. The molecular weight excluding hydrogens is 278 g/mol. The maximum absolute atomic E-state index is 10.0. The van der Waals surface area contributed by atoms with Gasteiger partial charge in [0.15, 0.2) is 5.65 Å². The van der Waals surface area contributed by atoms with E-state index in [0.29, 0.717) is 0 Å². The van der Waals surface area contributed by atoms with Gasteiger partial charge in [-0.15, -0.1) is 10.2 Å². The van der Waals surface area contributed by atoms with Gasteiger partial charge in [-0.1, -0.05) is 30.3 Å². The molecule has 6 heteroatoms. The van der Waals surface area contributed by atoms with Crippen LogP contribution in [0.3, 0.4) is 0 Å². The van der Waals surface area contributed by atoms with Gasteiger partial charge in [0.25, 0.3) is 0 Å². The second kappa shape index (κ2) is 5.06. The molecule has 4 rings (SSSR count). The molecule has 1 unspecified atom stereocenters. The van der Waals surface area contributed by atoms with E-state index in [2.05, 4.69) is 32.2 Å². The average molecular weight is 295 g/mol. The molecule has 1 aliphatic rings. The number of aliphatic hydroxyl groups is 1. The molecule has 0 radical (unpaired) electrons. The molecule has 1 aromatic carbocycles. The quantitative estimate of drug-likeness (QED) is 0.788. The lowest BCUT2D eigenvalue weighted by Gasteiger charge is -2.28. The average Bonchev–Trinajstić information content (AvgIpc) is 3.23. The van der Waals surface area contributed by atoms with Crippen molar-refractivity contribution < 1.29 is 5.11 Å². The van der Waals surface area contributed by atoms with Gasteiger partial charge in [-0.25, -0.2) is 0 Å². The van der Waals surface area contributed by atoms with Gasteiger partial charge < -0.3 is 10.0 Å². The van der Waals surface area contributed by atoms with E-state index in [1.807, 2.05) is 28.8 Å². The highest BCUT2D eigenvalue weighted by Crippen LogP contribution is 2.36. The van der Waals surface area contributed by atoms with Crippen LogP contribution < -0.4 is 4.90 Å². The van der Waals surface area contributed by atoms with Gasteiger partial charge in [0.05, 0.1) is 19.0 Å². The van der Waals surface area contributed by atoms with Gasteiger partial charge in [-0.2, -0.15) is 0 Å². The summed E-state index contributed by atoms with van der Waals surface area (Å²) < 4.78 is 1.94. The molecule has 0 aliphatic carbocycles. The van der Waals surface area contributed by atoms with Crippen LogP contribution in [0, 0.1) is 0 Å². The first kappa shape index (κ1) is 13.2. The minimum absolute atomic E-state index is 0.138. The molecule has 0 spiro atoms. The topological polar surface area (TPSA) is 66.5 Å². The molecule has 3 aromatic rings. The summed E-state index contributed by atoms with van der Waals surface area (Å²) in [5.41, 5.74) is 1.69. The molecule has 1 aliphatic heterocycles. The van der Waals surface area contributed by atoms with Crippen molar-refractivity contribution >= 4 is 11.5 Å². The van der Waals surface area contributed by atoms with Gasteiger partial charge >= 0.3 is 0 Å². The van der Waals surface area contributed by atoms with Gasteiger partial charge in [0.2, 0.25) is 0 Å². The van der Waals surface area contributed by atoms with E-state index in [4.69, 9.17) is 0 Å². The summed E-state index contributed by atoms with van der Waals surface area (Å²) >= 11 is 0. The molecule has 3 heterocycles. The van der Waals surface area contributed by atoms with Crippen molar-refractivity contribution in [1.29, 1.82) is 0 Å². The maximum Gasteiger partial charge on any atom is 0.180 e. The molecule has 1 saturated heterocycles. The first-order chi connectivity index (χ1) is 10.8. The van der Waals surface area contributed by atoms with Crippen LogP contribution in [-0.2, 0) is 5.41 Å². The third kappa shape index (κ3) is 1.95. The molecule has 1 atom stereocenters. The highest BCUT2D eigenvalue weighted by atomic mass is 16.3. The van der Waals surface area contributed by atoms with Crippen LogP contribution in [-0.4, -0.2) is 44.4 Å². The molecule has 6 nitrogen and oxygen atoms in total. The van der Waals surface area contributed by atoms with E-state index in [9.17, 15) is 5.11 Å². The van der Waals surface area contributed by atoms with Crippen molar-refractivity contribution in [2.24, 2.45) is 0 Å².